The van der Waals surface area contributed by atoms with Crippen LogP contribution in [0.2, 0.25) is 5.02 Å². The normalized spacial score (nSPS) is 22.1. The van der Waals surface area contributed by atoms with Crippen LogP contribution in [0.1, 0.15) is 23.5 Å². The van der Waals surface area contributed by atoms with E-state index in [1.54, 1.807) is 7.11 Å². The third-order valence-corrected chi connectivity index (χ3v) is 6.32. The lowest BCUT2D eigenvalue weighted by Crippen LogP contribution is -2.49. The molecule has 1 aliphatic carbocycles. The zero-order chi connectivity index (χ0) is 19.5. The number of piperazine rings is 1. The average molecular weight is 399 g/mol. The van der Waals surface area contributed by atoms with Gasteiger partial charge in [0.2, 0.25) is 5.91 Å². The van der Waals surface area contributed by atoms with E-state index in [1.165, 1.54) is 5.56 Å². The SMILES string of the molecule is COc1ccc(CCN2CCN(C(=O)C3CC3c3ccccc3Cl)CC2)cc1. The molecule has 1 aliphatic heterocycles. The number of rotatable bonds is 6. The van der Waals surface area contributed by atoms with Crippen LogP contribution in [0.15, 0.2) is 48.5 Å². The van der Waals surface area contributed by atoms with Crippen LogP contribution in [0, 0.1) is 5.92 Å². The van der Waals surface area contributed by atoms with Crippen molar-refractivity contribution in [2.45, 2.75) is 18.8 Å². The Kier molecular flexibility index (Phi) is 5.88. The molecule has 1 saturated heterocycles. The van der Waals surface area contributed by atoms with Gasteiger partial charge in [-0.25, -0.2) is 0 Å². The van der Waals surface area contributed by atoms with E-state index in [2.05, 4.69) is 23.1 Å². The van der Waals surface area contributed by atoms with Crippen LogP contribution in [0.25, 0.3) is 0 Å². The first-order valence-corrected chi connectivity index (χ1v) is 10.4. The molecule has 2 aliphatic rings. The molecule has 0 N–H and O–H groups in total. The maximum absolute atomic E-state index is 12.9. The zero-order valence-corrected chi connectivity index (χ0v) is 17.1. The molecule has 2 atom stereocenters. The van der Waals surface area contributed by atoms with Crippen LogP contribution in [0.5, 0.6) is 5.75 Å². The predicted octanol–water partition coefficient (Wildman–Crippen LogP) is 3.84. The van der Waals surface area contributed by atoms with Crippen LogP contribution in [-0.2, 0) is 11.2 Å². The van der Waals surface area contributed by atoms with Gasteiger partial charge in [0.1, 0.15) is 5.75 Å². The van der Waals surface area contributed by atoms with Gasteiger partial charge >= 0.3 is 0 Å². The number of carbonyl (C=O) groups excluding carboxylic acids is 1. The molecule has 2 fully saturated rings. The van der Waals surface area contributed by atoms with Crippen LogP contribution >= 0.6 is 11.6 Å². The number of hydrogen-bond acceptors (Lipinski definition) is 3. The Bertz CT molecular complexity index is 816. The number of carbonyl (C=O) groups is 1. The lowest BCUT2D eigenvalue weighted by molar-refractivity contribution is -0.134. The Morgan fingerprint density at radius 2 is 1.79 bits per heavy atom. The highest BCUT2D eigenvalue weighted by Crippen LogP contribution is 2.50. The van der Waals surface area contributed by atoms with E-state index < -0.39 is 0 Å². The first-order chi connectivity index (χ1) is 13.7. The minimum atomic E-state index is 0.116. The molecule has 2 aromatic carbocycles. The summed E-state index contributed by atoms with van der Waals surface area (Å²) in [6, 6.07) is 16.2. The van der Waals surface area contributed by atoms with Crippen molar-refractivity contribution in [2.75, 3.05) is 39.8 Å². The van der Waals surface area contributed by atoms with Gasteiger partial charge in [0, 0.05) is 43.7 Å². The maximum atomic E-state index is 12.9. The zero-order valence-electron chi connectivity index (χ0n) is 16.3. The summed E-state index contributed by atoms with van der Waals surface area (Å²) >= 11 is 6.30. The number of amides is 1. The summed E-state index contributed by atoms with van der Waals surface area (Å²) in [5, 5.41) is 0.783. The second kappa shape index (κ2) is 8.54. The number of halogens is 1. The van der Waals surface area contributed by atoms with E-state index >= 15 is 0 Å². The van der Waals surface area contributed by atoms with Gasteiger partial charge < -0.3 is 9.64 Å². The molecule has 148 valence electrons. The molecule has 2 aromatic rings. The van der Waals surface area contributed by atoms with E-state index in [1.807, 2.05) is 35.2 Å². The van der Waals surface area contributed by atoms with Crippen molar-refractivity contribution in [2.24, 2.45) is 5.92 Å². The molecule has 1 amide bonds. The molecule has 5 heteroatoms. The van der Waals surface area contributed by atoms with Crippen molar-refractivity contribution >= 4 is 17.5 Å². The van der Waals surface area contributed by atoms with Gasteiger partial charge in [-0.2, -0.15) is 0 Å². The second-order valence-corrected chi connectivity index (χ2v) is 8.14. The quantitative estimate of drug-likeness (QED) is 0.741. The molecule has 1 saturated carbocycles. The smallest absolute Gasteiger partial charge is 0.226 e. The summed E-state index contributed by atoms with van der Waals surface area (Å²) in [7, 11) is 1.69. The summed E-state index contributed by atoms with van der Waals surface area (Å²) in [5.41, 5.74) is 2.44. The van der Waals surface area contributed by atoms with Crippen molar-refractivity contribution in [1.29, 1.82) is 0 Å². The van der Waals surface area contributed by atoms with Crippen LogP contribution < -0.4 is 4.74 Å². The average Bonchev–Trinajstić information content (AvgIpc) is 3.53. The highest BCUT2D eigenvalue weighted by molar-refractivity contribution is 6.31. The summed E-state index contributed by atoms with van der Waals surface area (Å²) in [6.45, 7) is 4.58. The largest absolute Gasteiger partial charge is 0.497 e. The summed E-state index contributed by atoms with van der Waals surface area (Å²) < 4.78 is 5.21. The number of nitrogens with zero attached hydrogens (tertiary/aromatic N) is 2. The van der Waals surface area contributed by atoms with Gasteiger partial charge in [-0.3, -0.25) is 9.69 Å². The maximum Gasteiger partial charge on any atom is 0.226 e. The lowest BCUT2D eigenvalue weighted by Gasteiger charge is -2.35. The molecular formula is C23H27ClN2O2. The third-order valence-electron chi connectivity index (χ3n) is 5.97. The predicted molar refractivity (Wildman–Crippen MR) is 112 cm³/mol. The van der Waals surface area contributed by atoms with E-state index in [0.717, 1.165) is 61.9 Å². The Labute approximate surface area is 172 Å². The van der Waals surface area contributed by atoms with E-state index in [9.17, 15) is 4.79 Å². The first kappa shape index (κ1) is 19.3. The van der Waals surface area contributed by atoms with Crippen molar-refractivity contribution in [1.82, 2.24) is 9.80 Å². The standard InChI is InChI=1S/C23H27ClN2O2/c1-28-18-8-6-17(7-9-18)10-11-25-12-14-26(15-13-25)23(27)21-16-20(21)19-4-2-3-5-22(19)24/h2-9,20-21H,10-16H2,1H3. The summed E-state index contributed by atoms with van der Waals surface area (Å²) in [5.74, 6) is 1.62. The van der Waals surface area contributed by atoms with Gasteiger partial charge in [0.25, 0.3) is 0 Å². The summed E-state index contributed by atoms with van der Waals surface area (Å²) in [4.78, 5) is 17.4. The van der Waals surface area contributed by atoms with Gasteiger partial charge in [-0.1, -0.05) is 41.9 Å². The molecule has 2 unspecified atom stereocenters. The fourth-order valence-electron chi connectivity index (χ4n) is 4.09. The van der Waals surface area contributed by atoms with Crippen LogP contribution in [0.4, 0.5) is 0 Å². The fraction of sp³-hybridized carbons (Fsp3) is 0.435. The molecule has 4 rings (SSSR count). The van der Waals surface area contributed by atoms with Gasteiger partial charge in [0.05, 0.1) is 7.11 Å². The Hall–Kier alpha value is -2.04. The Balaban J connectivity index is 1.23. The Morgan fingerprint density at radius 3 is 2.46 bits per heavy atom. The highest BCUT2D eigenvalue weighted by atomic mass is 35.5. The minimum absolute atomic E-state index is 0.116. The van der Waals surface area contributed by atoms with Gasteiger partial charge in [-0.05, 0) is 48.1 Å². The Morgan fingerprint density at radius 1 is 1.07 bits per heavy atom. The van der Waals surface area contributed by atoms with Crippen molar-refractivity contribution in [3.05, 3.63) is 64.7 Å². The first-order valence-electron chi connectivity index (χ1n) is 10.0. The summed E-state index contributed by atoms with van der Waals surface area (Å²) in [6.07, 6.45) is 1.95. The van der Waals surface area contributed by atoms with Crippen molar-refractivity contribution in [3.8, 4) is 5.75 Å². The monoisotopic (exact) mass is 398 g/mol. The molecule has 0 radical (unpaired) electrons. The number of benzene rings is 2. The molecule has 0 bridgehead atoms. The number of methoxy groups -OCH3 is 1. The molecule has 4 nitrogen and oxygen atoms in total. The molecule has 28 heavy (non-hydrogen) atoms. The van der Waals surface area contributed by atoms with Gasteiger partial charge in [-0.15, -0.1) is 0 Å². The molecule has 0 spiro atoms. The van der Waals surface area contributed by atoms with Gasteiger partial charge in [0.15, 0.2) is 0 Å². The fourth-order valence-corrected chi connectivity index (χ4v) is 4.37. The van der Waals surface area contributed by atoms with E-state index in [-0.39, 0.29) is 5.92 Å². The third kappa shape index (κ3) is 4.34. The minimum Gasteiger partial charge on any atom is -0.497 e. The highest BCUT2D eigenvalue weighted by Gasteiger charge is 2.46. The molecule has 1 heterocycles. The van der Waals surface area contributed by atoms with Crippen molar-refractivity contribution < 1.29 is 9.53 Å². The lowest BCUT2D eigenvalue weighted by atomic mass is 10.1. The number of hydrogen-bond donors (Lipinski definition) is 0. The molecular weight excluding hydrogens is 372 g/mol. The van der Waals surface area contributed by atoms with Crippen LogP contribution in [-0.4, -0.2) is 55.5 Å². The van der Waals surface area contributed by atoms with Crippen molar-refractivity contribution in [3.63, 3.8) is 0 Å². The second-order valence-electron chi connectivity index (χ2n) is 7.74. The van der Waals surface area contributed by atoms with Crippen LogP contribution in [0.3, 0.4) is 0 Å². The van der Waals surface area contributed by atoms with E-state index in [4.69, 9.17) is 16.3 Å². The number of ether oxygens (including phenoxy) is 1. The molecule has 0 aromatic heterocycles. The topological polar surface area (TPSA) is 32.8 Å². The van der Waals surface area contributed by atoms with E-state index in [0.29, 0.717) is 11.8 Å².